The minimum Gasteiger partial charge on any atom is -0.351 e. The number of carbonyl (C=O) groups excluding carboxylic acids is 1. The zero-order valence-electron chi connectivity index (χ0n) is 10.1. The highest BCUT2D eigenvalue weighted by Gasteiger charge is 2.12. The van der Waals surface area contributed by atoms with Gasteiger partial charge in [-0.15, -0.1) is 0 Å². The minimum atomic E-state index is -0.280. The molecular formula is C13H14N2O2. The summed E-state index contributed by atoms with van der Waals surface area (Å²) < 4.78 is 4.90. The molecule has 0 fully saturated rings. The fourth-order valence-electron chi connectivity index (χ4n) is 1.61. The lowest BCUT2D eigenvalue weighted by atomic mass is 10.1. The lowest BCUT2D eigenvalue weighted by Gasteiger charge is -2.07. The highest BCUT2D eigenvalue weighted by Crippen LogP contribution is 2.17. The lowest BCUT2D eigenvalue weighted by molar-refractivity contribution is 0.0988. The van der Waals surface area contributed by atoms with Crippen molar-refractivity contribution in [1.82, 2.24) is 5.16 Å². The van der Waals surface area contributed by atoms with Gasteiger partial charge in [0.25, 0.3) is 5.91 Å². The van der Waals surface area contributed by atoms with Crippen LogP contribution < -0.4 is 5.32 Å². The summed E-state index contributed by atoms with van der Waals surface area (Å²) in [5, 5.41) is 6.47. The lowest BCUT2D eigenvalue weighted by Crippen LogP contribution is -2.11. The number of aromatic nitrogens is 1. The maximum absolute atomic E-state index is 11.8. The van der Waals surface area contributed by atoms with E-state index in [1.54, 1.807) is 13.0 Å². The molecule has 88 valence electrons. The van der Waals surface area contributed by atoms with Crippen LogP contribution in [0.5, 0.6) is 0 Å². The predicted molar refractivity (Wildman–Crippen MR) is 65.1 cm³/mol. The molecule has 0 atom stereocenters. The molecule has 0 radical (unpaired) electrons. The van der Waals surface area contributed by atoms with Crippen molar-refractivity contribution < 1.29 is 9.32 Å². The molecule has 2 aromatic rings. The predicted octanol–water partition coefficient (Wildman–Crippen LogP) is 2.85. The van der Waals surface area contributed by atoms with Crippen LogP contribution in [0.25, 0.3) is 0 Å². The van der Waals surface area contributed by atoms with Gasteiger partial charge in [0.1, 0.15) is 0 Å². The van der Waals surface area contributed by atoms with Gasteiger partial charge in [0.05, 0.1) is 5.69 Å². The number of benzene rings is 1. The average Bonchev–Trinajstić information content (AvgIpc) is 2.69. The topological polar surface area (TPSA) is 55.1 Å². The molecule has 4 heteroatoms. The SMILES string of the molecule is Cc1ccc(NC(=O)c2cc(C)no2)c(C)c1. The van der Waals surface area contributed by atoms with E-state index in [2.05, 4.69) is 10.5 Å². The van der Waals surface area contributed by atoms with E-state index in [-0.39, 0.29) is 11.7 Å². The van der Waals surface area contributed by atoms with E-state index >= 15 is 0 Å². The van der Waals surface area contributed by atoms with Crippen LogP contribution in [0, 0.1) is 20.8 Å². The fourth-order valence-corrected chi connectivity index (χ4v) is 1.61. The summed E-state index contributed by atoms with van der Waals surface area (Å²) in [4.78, 5) is 11.8. The number of hydrogen-bond acceptors (Lipinski definition) is 3. The van der Waals surface area contributed by atoms with Gasteiger partial charge in [-0.1, -0.05) is 22.9 Å². The Labute approximate surface area is 99.6 Å². The molecule has 0 aliphatic rings. The molecule has 0 saturated heterocycles. The second-order valence-electron chi connectivity index (χ2n) is 4.11. The second-order valence-corrected chi connectivity index (χ2v) is 4.11. The molecule has 4 nitrogen and oxygen atoms in total. The Kier molecular flexibility index (Phi) is 2.95. The number of nitrogens with zero attached hydrogens (tertiary/aromatic N) is 1. The van der Waals surface area contributed by atoms with Crippen LogP contribution in [-0.4, -0.2) is 11.1 Å². The molecule has 0 aliphatic heterocycles. The molecule has 1 aromatic carbocycles. The quantitative estimate of drug-likeness (QED) is 0.863. The van der Waals surface area contributed by atoms with Crippen molar-refractivity contribution in [3.8, 4) is 0 Å². The van der Waals surface area contributed by atoms with E-state index in [4.69, 9.17) is 4.52 Å². The van der Waals surface area contributed by atoms with Gasteiger partial charge >= 0.3 is 0 Å². The van der Waals surface area contributed by atoms with E-state index in [1.807, 2.05) is 32.0 Å². The molecule has 0 unspecified atom stereocenters. The molecule has 1 amide bonds. The molecule has 0 bridgehead atoms. The monoisotopic (exact) mass is 230 g/mol. The van der Waals surface area contributed by atoms with Gasteiger partial charge in [-0.2, -0.15) is 0 Å². The Bertz CT molecular complexity index is 558. The number of amides is 1. The maximum Gasteiger partial charge on any atom is 0.294 e. The molecule has 2 rings (SSSR count). The third kappa shape index (κ3) is 2.53. The zero-order valence-corrected chi connectivity index (χ0v) is 10.1. The molecular weight excluding hydrogens is 216 g/mol. The normalized spacial score (nSPS) is 10.3. The van der Waals surface area contributed by atoms with Crippen molar-refractivity contribution in [2.24, 2.45) is 0 Å². The summed E-state index contributed by atoms with van der Waals surface area (Å²) in [5.74, 6) is -0.0555. The van der Waals surface area contributed by atoms with E-state index < -0.39 is 0 Å². The van der Waals surface area contributed by atoms with Crippen molar-refractivity contribution >= 4 is 11.6 Å². The average molecular weight is 230 g/mol. The zero-order chi connectivity index (χ0) is 12.4. The van der Waals surface area contributed by atoms with Crippen LogP contribution in [0.3, 0.4) is 0 Å². The second kappa shape index (κ2) is 4.41. The van der Waals surface area contributed by atoms with Gasteiger partial charge in [0.2, 0.25) is 5.76 Å². The van der Waals surface area contributed by atoms with E-state index in [1.165, 1.54) is 0 Å². The number of aryl methyl sites for hydroxylation is 3. The van der Waals surface area contributed by atoms with Gasteiger partial charge in [0.15, 0.2) is 0 Å². The van der Waals surface area contributed by atoms with Crippen molar-refractivity contribution in [3.63, 3.8) is 0 Å². The summed E-state index contributed by atoms with van der Waals surface area (Å²) in [6.45, 7) is 5.74. The van der Waals surface area contributed by atoms with Gasteiger partial charge in [-0.05, 0) is 32.4 Å². The van der Waals surface area contributed by atoms with E-state index in [9.17, 15) is 4.79 Å². The first kappa shape index (κ1) is 11.4. The fraction of sp³-hybridized carbons (Fsp3) is 0.231. The third-order valence-corrected chi connectivity index (χ3v) is 2.48. The summed E-state index contributed by atoms with van der Waals surface area (Å²) in [6.07, 6.45) is 0. The van der Waals surface area contributed by atoms with Gasteiger partial charge < -0.3 is 9.84 Å². The third-order valence-electron chi connectivity index (χ3n) is 2.48. The van der Waals surface area contributed by atoms with Crippen LogP contribution >= 0.6 is 0 Å². The first-order chi connectivity index (χ1) is 8.06. The van der Waals surface area contributed by atoms with E-state index in [0.29, 0.717) is 5.69 Å². The largest absolute Gasteiger partial charge is 0.351 e. The number of hydrogen-bond donors (Lipinski definition) is 1. The molecule has 1 aromatic heterocycles. The van der Waals surface area contributed by atoms with Crippen molar-refractivity contribution in [2.45, 2.75) is 20.8 Å². The highest BCUT2D eigenvalue weighted by atomic mass is 16.5. The molecule has 1 heterocycles. The standard InChI is InChI=1S/C13H14N2O2/c1-8-4-5-11(9(2)6-8)14-13(16)12-7-10(3)15-17-12/h4-7H,1-3H3,(H,14,16). The smallest absolute Gasteiger partial charge is 0.294 e. The molecule has 0 saturated carbocycles. The van der Waals surface area contributed by atoms with Crippen LogP contribution in [0.1, 0.15) is 27.4 Å². The van der Waals surface area contributed by atoms with E-state index in [0.717, 1.165) is 16.8 Å². The summed E-state index contributed by atoms with van der Waals surface area (Å²) in [6, 6.07) is 7.46. The Hall–Kier alpha value is -2.10. The summed E-state index contributed by atoms with van der Waals surface area (Å²) >= 11 is 0. The Morgan fingerprint density at radius 2 is 2.00 bits per heavy atom. The maximum atomic E-state index is 11.8. The molecule has 17 heavy (non-hydrogen) atoms. The summed E-state index contributed by atoms with van der Waals surface area (Å²) in [7, 11) is 0. The first-order valence-corrected chi connectivity index (χ1v) is 5.38. The van der Waals surface area contributed by atoms with Crippen LogP contribution in [-0.2, 0) is 0 Å². The van der Waals surface area contributed by atoms with Crippen molar-refractivity contribution in [1.29, 1.82) is 0 Å². The molecule has 1 N–H and O–H groups in total. The Morgan fingerprint density at radius 3 is 2.59 bits per heavy atom. The van der Waals surface area contributed by atoms with Crippen LogP contribution in [0.4, 0.5) is 5.69 Å². The minimum absolute atomic E-state index is 0.225. The highest BCUT2D eigenvalue weighted by molar-refractivity contribution is 6.02. The molecule has 0 spiro atoms. The van der Waals surface area contributed by atoms with Gasteiger partial charge in [0, 0.05) is 11.8 Å². The number of nitrogens with one attached hydrogen (secondary N) is 1. The van der Waals surface area contributed by atoms with Crippen LogP contribution in [0.15, 0.2) is 28.8 Å². The van der Waals surface area contributed by atoms with Crippen molar-refractivity contribution in [2.75, 3.05) is 5.32 Å². The molecule has 0 aliphatic carbocycles. The Morgan fingerprint density at radius 1 is 1.24 bits per heavy atom. The van der Waals surface area contributed by atoms with Crippen molar-refractivity contribution in [3.05, 3.63) is 46.8 Å². The number of anilines is 1. The first-order valence-electron chi connectivity index (χ1n) is 5.38. The van der Waals surface area contributed by atoms with Crippen LogP contribution in [0.2, 0.25) is 0 Å². The Balaban J connectivity index is 2.18. The summed E-state index contributed by atoms with van der Waals surface area (Å²) in [5.41, 5.74) is 3.66. The van der Waals surface area contributed by atoms with Gasteiger partial charge in [-0.25, -0.2) is 0 Å². The number of rotatable bonds is 2. The number of carbonyl (C=O) groups is 1. The van der Waals surface area contributed by atoms with Gasteiger partial charge in [-0.3, -0.25) is 4.79 Å².